The highest BCUT2D eigenvalue weighted by atomic mass is 16.5. The van der Waals surface area contributed by atoms with Crippen molar-refractivity contribution in [1.29, 1.82) is 0 Å². The van der Waals surface area contributed by atoms with Gasteiger partial charge in [-0.3, -0.25) is 4.40 Å². The van der Waals surface area contributed by atoms with E-state index in [9.17, 15) is 5.11 Å². The molecule has 0 unspecified atom stereocenters. The lowest BCUT2D eigenvalue weighted by atomic mass is 9.96. The number of benzene rings is 2. The molecule has 0 radical (unpaired) electrons. The largest absolute Gasteiger partial charge is 0.464 e. The van der Waals surface area contributed by atoms with Gasteiger partial charge in [-0.2, -0.15) is 4.98 Å². The molecule has 5 rings (SSSR count). The zero-order valence-electron chi connectivity index (χ0n) is 20.8. The van der Waals surface area contributed by atoms with E-state index in [1.807, 2.05) is 47.9 Å². The third-order valence-corrected chi connectivity index (χ3v) is 7.09. The Morgan fingerprint density at radius 1 is 1.17 bits per heavy atom. The van der Waals surface area contributed by atoms with Crippen LogP contribution in [0.4, 0.5) is 5.69 Å². The van der Waals surface area contributed by atoms with Crippen LogP contribution in [0.25, 0.3) is 32.9 Å². The molecule has 1 atom stereocenters. The standard InChI is InChI=1S/C29H31N5O2/c1-4-33-14-5-6-21(17-33)19-36-29-32-27(22-9-11-25(30-3)12-10-22)26(28-31-13-15-34(28)29)23-8-7-20(2)24(16-23)18-35/h7-13,15-16,21,35H,4-6,14,17-19H2,1-2H3/t21-/m1/s1. The van der Waals surface area contributed by atoms with Crippen LogP contribution in [0, 0.1) is 19.4 Å². The van der Waals surface area contributed by atoms with Gasteiger partial charge in [0.05, 0.1) is 31.0 Å². The zero-order valence-corrected chi connectivity index (χ0v) is 20.8. The van der Waals surface area contributed by atoms with Crippen molar-refractivity contribution in [1.82, 2.24) is 19.3 Å². The van der Waals surface area contributed by atoms with Gasteiger partial charge in [-0.25, -0.2) is 9.83 Å². The van der Waals surface area contributed by atoms with Gasteiger partial charge in [-0.1, -0.05) is 43.3 Å². The number of aryl methyl sites for hydroxylation is 1. The minimum absolute atomic E-state index is 0.0375. The van der Waals surface area contributed by atoms with Crippen LogP contribution in [0.5, 0.6) is 6.01 Å². The first-order chi connectivity index (χ1) is 17.6. The molecule has 4 aromatic rings. The minimum atomic E-state index is -0.0375. The van der Waals surface area contributed by atoms with Crippen molar-refractivity contribution in [3.8, 4) is 28.4 Å². The maximum Gasteiger partial charge on any atom is 0.302 e. The van der Waals surface area contributed by atoms with Crippen molar-refractivity contribution in [2.45, 2.75) is 33.3 Å². The molecule has 36 heavy (non-hydrogen) atoms. The van der Waals surface area contributed by atoms with Crippen molar-refractivity contribution in [2.75, 3.05) is 26.2 Å². The number of nitrogens with zero attached hydrogens (tertiary/aromatic N) is 5. The van der Waals surface area contributed by atoms with Gasteiger partial charge in [0.1, 0.15) is 0 Å². The van der Waals surface area contributed by atoms with Gasteiger partial charge >= 0.3 is 6.01 Å². The molecule has 7 heteroatoms. The Morgan fingerprint density at radius 3 is 2.72 bits per heavy atom. The predicted octanol–water partition coefficient (Wildman–Crippen LogP) is 5.53. The van der Waals surface area contributed by atoms with E-state index in [1.165, 1.54) is 6.42 Å². The summed E-state index contributed by atoms with van der Waals surface area (Å²) >= 11 is 0. The molecule has 2 aromatic carbocycles. The van der Waals surface area contributed by atoms with Gasteiger partial charge in [0.25, 0.3) is 0 Å². The summed E-state index contributed by atoms with van der Waals surface area (Å²) in [5.41, 5.74) is 6.64. The number of aliphatic hydroxyl groups is 1. The predicted molar refractivity (Wildman–Crippen MR) is 141 cm³/mol. The van der Waals surface area contributed by atoms with Gasteiger partial charge < -0.3 is 14.7 Å². The van der Waals surface area contributed by atoms with Crippen LogP contribution in [0.2, 0.25) is 0 Å². The molecule has 1 aliphatic rings. The van der Waals surface area contributed by atoms with E-state index < -0.39 is 0 Å². The quantitative estimate of drug-likeness (QED) is 0.352. The van der Waals surface area contributed by atoms with Crippen LogP contribution >= 0.6 is 0 Å². The second-order valence-electron chi connectivity index (χ2n) is 9.41. The first-order valence-electron chi connectivity index (χ1n) is 12.5. The van der Waals surface area contributed by atoms with Crippen molar-refractivity contribution in [2.24, 2.45) is 5.92 Å². The number of imidazole rings is 1. The van der Waals surface area contributed by atoms with E-state index in [0.29, 0.717) is 24.2 Å². The molecular formula is C29H31N5O2. The molecule has 0 bridgehead atoms. The van der Waals surface area contributed by atoms with Crippen LogP contribution in [0.1, 0.15) is 30.9 Å². The monoisotopic (exact) mass is 481 g/mol. The highest BCUT2D eigenvalue weighted by Gasteiger charge is 2.23. The lowest BCUT2D eigenvalue weighted by molar-refractivity contribution is 0.129. The summed E-state index contributed by atoms with van der Waals surface area (Å²) in [6.07, 6.45) is 5.99. The van der Waals surface area contributed by atoms with Crippen LogP contribution in [-0.4, -0.2) is 50.6 Å². The summed E-state index contributed by atoms with van der Waals surface area (Å²) in [7, 11) is 0. The number of rotatable bonds is 7. The van der Waals surface area contributed by atoms with E-state index in [2.05, 4.69) is 16.7 Å². The Kier molecular flexibility index (Phi) is 6.99. The molecule has 1 N–H and O–H groups in total. The fourth-order valence-corrected chi connectivity index (χ4v) is 4.99. The molecule has 0 aliphatic carbocycles. The second kappa shape index (κ2) is 10.5. The number of aromatic nitrogens is 3. The first kappa shape index (κ1) is 24.0. The third-order valence-electron chi connectivity index (χ3n) is 7.09. The average Bonchev–Trinajstić information content (AvgIpc) is 3.42. The number of ether oxygens (including phenoxy) is 1. The molecule has 1 saturated heterocycles. The Bertz CT molecular complexity index is 1400. The number of likely N-dealkylation sites (tertiary alicyclic amines) is 1. The molecule has 1 aliphatic heterocycles. The van der Waals surface area contributed by atoms with Crippen LogP contribution in [0.3, 0.4) is 0 Å². The van der Waals surface area contributed by atoms with Gasteiger partial charge in [0.2, 0.25) is 0 Å². The summed E-state index contributed by atoms with van der Waals surface area (Å²) in [5, 5.41) is 9.89. The molecule has 2 aromatic heterocycles. The normalized spacial score (nSPS) is 16.2. The van der Waals surface area contributed by atoms with Crippen molar-refractivity contribution >= 4 is 11.3 Å². The molecule has 3 heterocycles. The third kappa shape index (κ3) is 4.70. The SMILES string of the molecule is [C-]#[N+]c1ccc(-c2nc(OC[C@@H]3CCCN(CC)C3)n3ccnc3c2-c2ccc(C)c(CO)c2)cc1. The van der Waals surface area contributed by atoms with Crippen molar-refractivity contribution in [3.63, 3.8) is 0 Å². The van der Waals surface area contributed by atoms with Gasteiger partial charge in [-0.15, -0.1) is 0 Å². The molecule has 0 amide bonds. The van der Waals surface area contributed by atoms with Crippen LogP contribution in [0.15, 0.2) is 54.9 Å². The lowest BCUT2D eigenvalue weighted by Gasteiger charge is -2.31. The number of hydrogen-bond acceptors (Lipinski definition) is 5. The van der Waals surface area contributed by atoms with Crippen molar-refractivity contribution in [3.05, 3.63) is 77.4 Å². The molecular weight excluding hydrogens is 450 g/mol. The first-order valence-corrected chi connectivity index (χ1v) is 12.5. The minimum Gasteiger partial charge on any atom is -0.464 e. The number of fused-ring (bicyclic) bond motifs is 1. The van der Waals surface area contributed by atoms with E-state index in [4.69, 9.17) is 21.3 Å². The number of piperidine rings is 1. The molecule has 184 valence electrons. The summed E-state index contributed by atoms with van der Waals surface area (Å²) in [4.78, 5) is 15.7. The number of aliphatic hydroxyl groups excluding tert-OH is 1. The van der Waals surface area contributed by atoms with Gasteiger partial charge in [0.15, 0.2) is 11.3 Å². The molecule has 1 fully saturated rings. The lowest BCUT2D eigenvalue weighted by Crippen LogP contribution is -2.37. The second-order valence-corrected chi connectivity index (χ2v) is 9.41. The Labute approximate surface area is 211 Å². The Balaban J connectivity index is 1.61. The number of hydrogen-bond donors (Lipinski definition) is 1. The van der Waals surface area contributed by atoms with Crippen LogP contribution in [-0.2, 0) is 6.61 Å². The Hall–Kier alpha value is -3.73. The Morgan fingerprint density at radius 2 is 1.97 bits per heavy atom. The summed E-state index contributed by atoms with van der Waals surface area (Å²) in [5.74, 6) is 0.462. The van der Waals surface area contributed by atoms with Gasteiger partial charge in [-0.05, 0) is 61.2 Å². The highest BCUT2D eigenvalue weighted by molar-refractivity contribution is 5.90. The maximum absolute atomic E-state index is 9.89. The fourth-order valence-electron chi connectivity index (χ4n) is 4.99. The molecule has 7 nitrogen and oxygen atoms in total. The maximum atomic E-state index is 9.89. The summed E-state index contributed by atoms with van der Waals surface area (Å²) < 4.78 is 8.28. The van der Waals surface area contributed by atoms with E-state index in [1.54, 1.807) is 18.3 Å². The van der Waals surface area contributed by atoms with E-state index in [0.717, 1.165) is 65.2 Å². The summed E-state index contributed by atoms with van der Waals surface area (Å²) in [6.45, 7) is 15.3. The van der Waals surface area contributed by atoms with Crippen molar-refractivity contribution < 1.29 is 9.84 Å². The van der Waals surface area contributed by atoms with Gasteiger partial charge in [0, 0.05) is 24.9 Å². The van der Waals surface area contributed by atoms with E-state index >= 15 is 0 Å². The highest BCUT2D eigenvalue weighted by Crippen LogP contribution is 2.37. The van der Waals surface area contributed by atoms with Crippen LogP contribution < -0.4 is 4.74 Å². The summed E-state index contributed by atoms with van der Waals surface area (Å²) in [6, 6.07) is 14.0. The smallest absolute Gasteiger partial charge is 0.302 e. The topological polar surface area (TPSA) is 67.2 Å². The zero-order chi connectivity index (χ0) is 25.1. The van der Waals surface area contributed by atoms with E-state index in [-0.39, 0.29) is 6.61 Å². The fraction of sp³-hybridized carbons (Fsp3) is 0.345. The molecule has 0 spiro atoms. The molecule has 0 saturated carbocycles. The average molecular weight is 482 g/mol.